The van der Waals surface area contributed by atoms with Gasteiger partial charge in [0.15, 0.2) is 0 Å². The minimum absolute atomic E-state index is 0.0890. The molecule has 0 bridgehead atoms. The minimum Gasteiger partial charge on any atom is -0.379 e. The van der Waals surface area contributed by atoms with E-state index in [-0.39, 0.29) is 5.91 Å². The van der Waals surface area contributed by atoms with Crippen LogP contribution in [0.25, 0.3) is 11.6 Å². The number of anilines is 1. The third-order valence-corrected chi connectivity index (χ3v) is 5.18. The van der Waals surface area contributed by atoms with Gasteiger partial charge >= 0.3 is 0 Å². The number of fused-ring (bicyclic) bond motifs is 1. The third-order valence-electron chi connectivity index (χ3n) is 5.18. The van der Waals surface area contributed by atoms with Gasteiger partial charge < -0.3 is 14.6 Å². The molecule has 2 aromatic rings. The first-order chi connectivity index (χ1) is 12.6. The largest absolute Gasteiger partial charge is 0.379 e. The number of benzene rings is 1. The predicted molar refractivity (Wildman–Crippen MR) is 104 cm³/mol. The van der Waals surface area contributed by atoms with Crippen molar-refractivity contribution >= 4 is 23.2 Å². The van der Waals surface area contributed by atoms with Crippen LogP contribution in [-0.2, 0) is 9.53 Å². The molecule has 5 heteroatoms. The van der Waals surface area contributed by atoms with E-state index in [1.807, 2.05) is 42.2 Å². The number of H-pyrrole nitrogens is 1. The van der Waals surface area contributed by atoms with E-state index in [0.29, 0.717) is 6.54 Å². The average Bonchev–Trinajstić information content (AvgIpc) is 3.11. The van der Waals surface area contributed by atoms with Crippen molar-refractivity contribution in [3.63, 3.8) is 0 Å². The first-order valence-electron chi connectivity index (χ1n) is 9.23. The highest BCUT2D eigenvalue weighted by Crippen LogP contribution is 2.37. The second kappa shape index (κ2) is 7.09. The summed E-state index contributed by atoms with van der Waals surface area (Å²) in [6.07, 6.45) is 2.00. The lowest BCUT2D eigenvalue weighted by Crippen LogP contribution is -2.42. The van der Waals surface area contributed by atoms with Crippen LogP contribution >= 0.6 is 0 Å². The molecule has 2 aliphatic heterocycles. The second-order valence-electron chi connectivity index (χ2n) is 7.04. The van der Waals surface area contributed by atoms with E-state index in [1.165, 1.54) is 0 Å². The maximum absolute atomic E-state index is 13.2. The third kappa shape index (κ3) is 3.20. The number of para-hydroxylation sites is 1. The number of carbonyl (C=O) groups is 1. The molecular formula is C21H25N3O2. The van der Waals surface area contributed by atoms with E-state index in [4.69, 9.17) is 4.74 Å². The van der Waals surface area contributed by atoms with E-state index in [9.17, 15) is 4.79 Å². The van der Waals surface area contributed by atoms with E-state index < -0.39 is 0 Å². The van der Waals surface area contributed by atoms with Crippen LogP contribution in [-0.4, -0.2) is 55.2 Å². The quantitative estimate of drug-likeness (QED) is 0.862. The summed E-state index contributed by atoms with van der Waals surface area (Å²) in [5, 5.41) is 0. The molecule has 0 radical (unpaired) electrons. The molecule has 1 amide bonds. The number of aromatic amines is 1. The van der Waals surface area contributed by atoms with Crippen molar-refractivity contribution in [1.29, 1.82) is 0 Å². The average molecular weight is 351 g/mol. The van der Waals surface area contributed by atoms with Crippen LogP contribution in [0.2, 0.25) is 0 Å². The van der Waals surface area contributed by atoms with Gasteiger partial charge in [-0.2, -0.15) is 0 Å². The first kappa shape index (κ1) is 17.1. The summed E-state index contributed by atoms with van der Waals surface area (Å²) in [4.78, 5) is 20.8. The number of nitrogens with one attached hydrogen (secondary N) is 1. The van der Waals surface area contributed by atoms with Crippen LogP contribution in [0.3, 0.4) is 0 Å². The number of morpholine rings is 1. The Morgan fingerprint density at radius 3 is 2.65 bits per heavy atom. The van der Waals surface area contributed by atoms with E-state index in [0.717, 1.165) is 66.6 Å². The highest BCUT2D eigenvalue weighted by Gasteiger charge is 2.32. The summed E-state index contributed by atoms with van der Waals surface area (Å²) in [6.45, 7) is 9.11. The Morgan fingerprint density at radius 2 is 1.92 bits per heavy atom. The molecule has 2 aliphatic rings. The number of hydrogen-bond donors (Lipinski definition) is 1. The molecule has 0 unspecified atom stereocenters. The zero-order valence-electron chi connectivity index (χ0n) is 15.4. The standard InChI is InChI=1S/C21H25N3O2/c1-15-13-16(2)22-19(15)14-18-17-5-3-4-6-20(17)24(21(18)25)8-7-23-9-11-26-12-10-23/h3-6,13-14,22H,7-12H2,1-2H3/b18-14-. The molecule has 1 aromatic heterocycles. The number of hydrogen-bond acceptors (Lipinski definition) is 3. The monoisotopic (exact) mass is 351 g/mol. The molecular weight excluding hydrogens is 326 g/mol. The van der Waals surface area contributed by atoms with Crippen molar-refractivity contribution in [3.8, 4) is 0 Å². The Balaban J connectivity index is 1.61. The molecule has 5 nitrogen and oxygen atoms in total. The fourth-order valence-corrected chi connectivity index (χ4v) is 3.78. The molecule has 1 aromatic carbocycles. The molecule has 0 aliphatic carbocycles. The summed E-state index contributed by atoms with van der Waals surface area (Å²) >= 11 is 0. The van der Waals surface area contributed by atoms with Crippen LogP contribution in [0.4, 0.5) is 5.69 Å². The second-order valence-corrected chi connectivity index (χ2v) is 7.04. The number of nitrogens with zero attached hydrogens (tertiary/aromatic N) is 2. The van der Waals surface area contributed by atoms with Gasteiger partial charge in [0.1, 0.15) is 0 Å². The maximum Gasteiger partial charge on any atom is 0.259 e. The van der Waals surface area contributed by atoms with Crippen molar-refractivity contribution in [2.24, 2.45) is 0 Å². The topological polar surface area (TPSA) is 48.6 Å². The highest BCUT2D eigenvalue weighted by molar-refractivity contribution is 6.35. The lowest BCUT2D eigenvalue weighted by Gasteiger charge is -2.28. The van der Waals surface area contributed by atoms with E-state index in [1.54, 1.807) is 0 Å². The summed E-state index contributed by atoms with van der Waals surface area (Å²) in [7, 11) is 0. The molecule has 0 atom stereocenters. The van der Waals surface area contributed by atoms with Gasteiger partial charge in [-0.3, -0.25) is 9.69 Å². The van der Waals surface area contributed by atoms with Gasteiger partial charge in [0.05, 0.1) is 24.5 Å². The van der Waals surface area contributed by atoms with Crippen molar-refractivity contribution in [1.82, 2.24) is 9.88 Å². The van der Waals surface area contributed by atoms with Gasteiger partial charge in [-0.1, -0.05) is 18.2 Å². The SMILES string of the molecule is Cc1cc(C)c(/C=C2\C(=O)N(CCN3CCOCC3)c3ccccc32)[nH]1. The number of rotatable bonds is 4. The molecule has 1 saturated heterocycles. The van der Waals surface area contributed by atoms with Gasteiger partial charge in [0.25, 0.3) is 5.91 Å². The predicted octanol–water partition coefficient (Wildman–Crippen LogP) is 2.85. The molecule has 4 rings (SSSR count). The van der Waals surface area contributed by atoms with E-state index >= 15 is 0 Å². The van der Waals surface area contributed by atoms with Crippen molar-refractivity contribution in [3.05, 3.63) is 52.8 Å². The van der Waals surface area contributed by atoms with E-state index in [2.05, 4.69) is 22.9 Å². The lowest BCUT2D eigenvalue weighted by atomic mass is 10.1. The summed E-state index contributed by atoms with van der Waals surface area (Å²) in [5.41, 5.74) is 6.08. The van der Waals surface area contributed by atoms with Crippen molar-refractivity contribution in [2.75, 3.05) is 44.3 Å². The smallest absolute Gasteiger partial charge is 0.259 e. The van der Waals surface area contributed by atoms with Gasteiger partial charge in [-0.25, -0.2) is 0 Å². The highest BCUT2D eigenvalue weighted by atomic mass is 16.5. The molecule has 0 saturated carbocycles. The summed E-state index contributed by atoms with van der Waals surface area (Å²) < 4.78 is 5.41. The lowest BCUT2D eigenvalue weighted by molar-refractivity contribution is -0.113. The van der Waals surface area contributed by atoms with Crippen molar-refractivity contribution in [2.45, 2.75) is 13.8 Å². The molecule has 1 fully saturated rings. The number of carbonyl (C=O) groups excluding carboxylic acids is 1. The summed E-state index contributed by atoms with van der Waals surface area (Å²) in [5.74, 6) is 0.0890. The maximum atomic E-state index is 13.2. The first-order valence-corrected chi connectivity index (χ1v) is 9.23. The molecule has 0 spiro atoms. The van der Waals surface area contributed by atoms with Gasteiger partial charge in [0.2, 0.25) is 0 Å². The Kier molecular flexibility index (Phi) is 4.66. The Morgan fingerprint density at radius 1 is 1.15 bits per heavy atom. The van der Waals surface area contributed by atoms with Gasteiger partial charge in [-0.15, -0.1) is 0 Å². The molecule has 1 N–H and O–H groups in total. The Hall–Kier alpha value is -2.37. The van der Waals surface area contributed by atoms with Crippen LogP contribution in [0.5, 0.6) is 0 Å². The van der Waals surface area contributed by atoms with Crippen LogP contribution in [0, 0.1) is 13.8 Å². The zero-order chi connectivity index (χ0) is 18.1. The molecule has 136 valence electrons. The normalized spacial score (nSPS) is 19.4. The zero-order valence-corrected chi connectivity index (χ0v) is 15.4. The number of aromatic nitrogens is 1. The summed E-state index contributed by atoms with van der Waals surface area (Å²) in [6, 6.07) is 10.2. The van der Waals surface area contributed by atoms with Gasteiger partial charge in [0, 0.05) is 43.1 Å². The fraction of sp³-hybridized carbons (Fsp3) is 0.381. The number of ether oxygens (including phenoxy) is 1. The Labute approximate surface area is 154 Å². The number of amides is 1. The Bertz CT molecular complexity index is 847. The molecule has 3 heterocycles. The van der Waals surface area contributed by atoms with Crippen LogP contribution < -0.4 is 4.90 Å². The number of aryl methyl sites for hydroxylation is 2. The van der Waals surface area contributed by atoms with Crippen LogP contribution in [0.1, 0.15) is 22.5 Å². The fourth-order valence-electron chi connectivity index (χ4n) is 3.78. The van der Waals surface area contributed by atoms with Gasteiger partial charge in [-0.05, 0) is 37.6 Å². The van der Waals surface area contributed by atoms with Crippen molar-refractivity contribution < 1.29 is 9.53 Å². The minimum atomic E-state index is 0.0890. The molecule has 26 heavy (non-hydrogen) atoms. The van der Waals surface area contributed by atoms with Crippen LogP contribution in [0.15, 0.2) is 30.3 Å².